The van der Waals surface area contributed by atoms with Gasteiger partial charge >= 0.3 is 11.9 Å². The van der Waals surface area contributed by atoms with Crippen LogP contribution in [0.2, 0.25) is 0 Å². The summed E-state index contributed by atoms with van der Waals surface area (Å²) in [5.41, 5.74) is 0.111. The number of carboxylic acids is 1. The molecule has 0 saturated heterocycles. The van der Waals surface area contributed by atoms with Gasteiger partial charge in [-0.25, -0.2) is 9.18 Å². The number of carbonyl (C=O) groups excluding carboxylic acids is 1. The van der Waals surface area contributed by atoms with Crippen LogP contribution in [-0.4, -0.2) is 23.7 Å². The van der Waals surface area contributed by atoms with Gasteiger partial charge in [0.15, 0.2) is 0 Å². The summed E-state index contributed by atoms with van der Waals surface area (Å²) in [6.07, 6.45) is 3.16. The van der Waals surface area contributed by atoms with E-state index in [0.717, 1.165) is 6.07 Å². The van der Waals surface area contributed by atoms with Crippen LogP contribution in [0.5, 0.6) is 0 Å². The molecule has 0 fully saturated rings. The molecule has 0 spiro atoms. The van der Waals surface area contributed by atoms with E-state index in [1.54, 1.807) is 6.92 Å². The highest BCUT2D eigenvalue weighted by Gasteiger charge is 2.09. The van der Waals surface area contributed by atoms with Gasteiger partial charge in [0.1, 0.15) is 5.82 Å². The Morgan fingerprint density at radius 2 is 2.17 bits per heavy atom. The molecule has 0 unspecified atom stereocenters. The Hall–Kier alpha value is -2.17. The number of esters is 1. The lowest BCUT2D eigenvalue weighted by molar-refractivity contribution is -0.142. The van der Waals surface area contributed by atoms with E-state index in [9.17, 15) is 14.0 Å². The molecule has 1 N–H and O–H groups in total. The maximum atomic E-state index is 13.3. The summed E-state index contributed by atoms with van der Waals surface area (Å²) in [6, 6.07) is 3.75. The highest BCUT2D eigenvalue weighted by atomic mass is 19.1. The maximum absolute atomic E-state index is 13.3. The molecule has 0 saturated carbocycles. The van der Waals surface area contributed by atoms with Crippen molar-refractivity contribution in [1.29, 1.82) is 0 Å². The lowest BCUT2D eigenvalue weighted by atomic mass is 10.1. The smallest absolute Gasteiger partial charge is 0.338 e. The number of ether oxygens (including phenoxy) is 1. The fraction of sp³-hybridized carbons (Fsp3) is 0.231. The van der Waals surface area contributed by atoms with Crippen LogP contribution in [0.1, 0.15) is 29.3 Å². The molecule has 0 radical (unpaired) electrons. The first kappa shape index (κ1) is 13.9. The zero-order valence-electron chi connectivity index (χ0n) is 9.85. The van der Waals surface area contributed by atoms with E-state index in [4.69, 9.17) is 9.84 Å². The number of carboxylic acid groups (broad SMARTS) is 1. The van der Waals surface area contributed by atoms with Crippen molar-refractivity contribution in [2.75, 3.05) is 6.61 Å². The highest BCUT2D eigenvalue weighted by molar-refractivity contribution is 5.88. The Morgan fingerprint density at radius 1 is 1.44 bits per heavy atom. The van der Waals surface area contributed by atoms with E-state index >= 15 is 0 Å². The largest absolute Gasteiger partial charge is 0.478 e. The SMILES string of the molecule is CCOC(=O)CC=Cc1ccc(C(=O)O)c(F)c1. The molecule has 5 heteroatoms. The van der Waals surface area contributed by atoms with Gasteiger partial charge in [0.2, 0.25) is 0 Å². The maximum Gasteiger partial charge on any atom is 0.338 e. The Bertz CT molecular complexity index is 480. The highest BCUT2D eigenvalue weighted by Crippen LogP contribution is 2.12. The molecule has 96 valence electrons. The third-order valence-corrected chi connectivity index (χ3v) is 2.12. The first-order valence-electron chi connectivity index (χ1n) is 5.39. The molecule has 0 atom stereocenters. The Labute approximate surface area is 104 Å². The molecule has 1 rings (SSSR count). The van der Waals surface area contributed by atoms with E-state index in [1.807, 2.05) is 0 Å². The van der Waals surface area contributed by atoms with Gasteiger partial charge in [-0.1, -0.05) is 18.2 Å². The molecule has 0 aliphatic heterocycles. The van der Waals surface area contributed by atoms with Gasteiger partial charge in [-0.3, -0.25) is 4.79 Å². The van der Waals surface area contributed by atoms with Crippen LogP contribution in [0, 0.1) is 5.82 Å². The van der Waals surface area contributed by atoms with Gasteiger partial charge in [-0.2, -0.15) is 0 Å². The average Bonchev–Trinajstić information content (AvgIpc) is 2.29. The van der Waals surface area contributed by atoms with Crippen LogP contribution in [0.15, 0.2) is 24.3 Å². The van der Waals surface area contributed by atoms with Gasteiger partial charge in [-0.05, 0) is 24.6 Å². The van der Waals surface area contributed by atoms with Crippen LogP contribution in [-0.2, 0) is 9.53 Å². The Kier molecular flexibility index (Phi) is 5.05. The number of aromatic carboxylic acids is 1. The van der Waals surface area contributed by atoms with Crippen LogP contribution in [0.25, 0.3) is 6.08 Å². The minimum absolute atomic E-state index is 0.0934. The first-order chi connectivity index (χ1) is 8.54. The second kappa shape index (κ2) is 6.54. The quantitative estimate of drug-likeness (QED) is 0.818. The number of halogens is 1. The fourth-order valence-corrected chi connectivity index (χ4v) is 1.32. The topological polar surface area (TPSA) is 63.6 Å². The second-order valence-electron chi connectivity index (χ2n) is 3.46. The van der Waals surface area contributed by atoms with Gasteiger partial charge in [0.05, 0.1) is 18.6 Å². The van der Waals surface area contributed by atoms with E-state index in [2.05, 4.69) is 0 Å². The fourth-order valence-electron chi connectivity index (χ4n) is 1.32. The van der Waals surface area contributed by atoms with E-state index < -0.39 is 11.8 Å². The van der Waals surface area contributed by atoms with Crippen molar-refractivity contribution in [2.24, 2.45) is 0 Å². The van der Waals surface area contributed by atoms with Crippen molar-refractivity contribution >= 4 is 18.0 Å². The monoisotopic (exact) mass is 252 g/mol. The van der Waals surface area contributed by atoms with E-state index in [1.165, 1.54) is 24.3 Å². The van der Waals surface area contributed by atoms with Gasteiger partial charge in [0, 0.05) is 0 Å². The summed E-state index contributed by atoms with van der Waals surface area (Å²) in [4.78, 5) is 21.6. The van der Waals surface area contributed by atoms with E-state index in [-0.39, 0.29) is 18.0 Å². The normalized spacial score (nSPS) is 10.6. The van der Waals surface area contributed by atoms with Gasteiger partial charge in [0.25, 0.3) is 0 Å². The van der Waals surface area contributed by atoms with Crippen molar-refractivity contribution in [2.45, 2.75) is 13.3 Å². The number of hydrogen-bond donors (Lipinski definition) is 1. The van der Waals surface area contributed by atoms with Crippen LogP contribution < -0.4 is 0 Å². The predicted octanol–water partition coefficient (Wildman–Crippen LogP) is 2.49. The van der Waals surface area contributed by atoms with Gasteiger partial charge < -0.3 is 9.84 Å². The molecule has 1 aromatic carbocycles. The summed E-state index contributed by atoms with van der Waals surface area (Å²) in [7, 11) is 0. The lowest BCUT2D eigenvalue weighted by Crippen LogP contribution is -2.01. The zero-order valence-corrected chi connectivity index (χ0v) is 9.85. The first-order valence-corrected chi connectivity index (χ1v) is 5.39. The predicted molar refractivity (Wildman–Crippen MR) is 63.6 cm³/mol. The standard InChI is InChI=1S/C13H13FO4/c1-2-18-12(15)5-3-4-9-6-7-10(13(16)17)11(14)8-9/h3-4,6-8H,2,5H2,1H3,(H,16,17). The lowest BCUT2D eigenvalue weighted by Gasteiger charge is -1.99. The molecule has 0 bridgehead atoms. The molecule has 0 aliphatic carbocycles. The zero-order chi connectivity index (χ0) is 13.5. The van der Waals surface area contributed by atoms with Crippen LogP contribution in [0.3, 0.4) is 0 Å². The number of carbonyl (C=O) groups is 2. The van der Waals surface area contributed by atoms with Crippen molar-refractivity contribution in [3.05, 3.63) is 41.2 Å². The minimum atomic E-state index is -1.31. The molecule has 18 heavy (non-hydrogen) atoms. The van der Waals surface area contributed by atoms with Crippen molar-refractivity contribution < 1.29 is 23.8 Å². The average molecular weight is 252 g/mol. The number of hydrogen-bond acceptors (Lipinski definition) is 3. The van der Waals surface area contributed by atoms with E-state index in [0.29, 0.717) is 12.2 Å². The summed E-state index contributed by atoms with van der Waals surface area (Å²) in [6.45, 7) is 2.02. The Morgan fingerprint density at radius 3 is 2.72 bits per heavy atom. The molecular formula is C13H13FO4. The molecule has 0 aliphatic rings. The molecule has 0 aromatic heterocycles. The summed E-state index contributed by atoms with van der Waals surface area (Å²) >= 11 is 0. The summed E-state index contributed by atoms with van der Waals surface area (Å²) < 4.78 is 18.0. The molecule has 0 heterocycles. The molecule has 0 amide bonds. The number of rotatable bonds is 5. The summed E-state index contributed by atoms with van der Waals surface area (Å²) in [5.74, 6) is -2.48. The minimum Gasteiger partial charge on any atom is -0.478 e. The molecule has 4 nitrogen and oxygen atoms in total. The Balaban J connectivity index is 2.69. The third kappa shape index (κ3) is 4.01. The molecular weight excluding hydrogens is 239 g/mol. The number of benzene rings is 1. The van der Waals surface area contributed by atoms with Gasteiger partial charge in [-0.15, -0.1) is 0 Å². The van der Waals surface area contributed by atoms with Crippen LogP contribution in [0.4, 0.5) is 4.39 Å². The second-order valence-corrected chi connectivity index (χ2v) is 3.46. The molecule has 1 aromatic rings. The van der Waals surface area contributed by atoms with Crippen LogP contribution >= 0.6 is 0 Å². The third-order valence-electron chi connectivity index (χ3n) is 2.12. The van der Waals surface area contributed by atoms with Crippen molar-refractivity contribution in [1.82, 2.24) is 0 Å². The summed E-state index contributed by atoms with van der Waals surface area (Å²) in [5, 5.41) is 8.65. The van der Waals surface area contributed by atoms with Crippen molar-refractivity contribution in [3.8, 4) is 0 Å². The van der Waals surface area contributed by atoms with Crippen molar-refractivity contribution in [3.63, 3.8) is 0 Å².